The van der Waals surface area contributed by atoms with Crippen LogP contribution in [0.4, 0.5) is 5.69 Å². The van der Waals surface area contributed by atoms with E-state index >= 15 is 0 Å². The van der Waals surface area contributed by atoms with Gasteiger partial charge in [-0.25, -0.2) is 0 Å². The Balaban J connectivity index is 1.64. The Hall–Kier alpha value is -2.48. The summed E-state index contributed by atoms with van der Waals surface area (Å²) in [6.07, 6.45) is 3.73. The molecule has 0 atom stereocenters. The van der Waals surface area contributed by atoms with Gasteiger partial charge in [0, 0.05) is 17.8 Å². The Morgan fingerprint density at radius 3 is 2.74 bits per heavy atom. The van der Waals surface area contributed by atoms with Crippen LogP contribution in [0.2, 0.25) is 0 Å². The molecule has 1 N–H and O–H groups in total. The summed E-state index contributed by atoms with van der Waals surface area (Å²) in [6, 6.07) is 19.4. The molecule has 0 radical (unpaired) electrons. The zero-order chi connectivity index (χ0) is 15.6. The maximum Gasteiger partial charge on any atom is 0.124 e. The SMILES string of the molecule is COc1ccc2ccccc2c1CNc1ccc2c(c1)CCC2. The summed E-state index contributed by atoms with van der Waals surface area (Å²) in [5, 5.41) is 6.08. The van der Waals surface area contributed by atoms with Crippen LogP contribution in [-0.2, 0) is 19.4 Å². The van der Waals surface area contributed by atoms with Crippen LogP contribution in [0.25, 0.3) is 10.8 Å². The highest BCUT2D eigenvalue weighted by atomic mass is 16.5. The van der Waals surface area contributed by atoms with Crippen LogP contribution < -0.4 is 10.1 Å². The second-order valence-corrected chi connectivity index (χ2v) is 6.16. The first kappa shape index (κ1) is 14.1. The lowest BCUT2D eigenvalue weighted by molar-refractivity contribution is 0.411. The summed E-state index contributed by atoms with van der Waals surface area (Å²) in [4.78, 5) is 0. The summed E-state index contributed by atoms with van der Waals surface area (Å²) in [5.41, 5.74) is 5.42. The minimum Gasteiger partial charge on any atom is -0.496 e. The Bertz CT molecular complexity index is 854. The third kappa shape index (κ3) is 2.65. The predicted molar refractivity (Wildman–Crippen MR) is 96.3 cm³/mol. The van der Waals surface area contributed by atoms with Crippen molar-refractivity contribution in [3.8, 4) is 5.75 Å². The van der Waals surface area contributed by atoms with Crippen molar-refractivity contribution in [3.63, 3.8) is 0 Å². The van der Waals surface area contributed by atoms with Crippen molar-refractivity contribution in [1.82, 2.24) is 0 Å². The summed E-state index contributed by atoms with van der Waals surface area (Å²) < 4.78 is 5.58. The van der Waals surface area contributed by atoms with Crippen LogP contribution in [0.5, 0.6) is 5.75 Å². The van der Waals surface area contributed by atoms with Crippen molar-refractivity contribution in [3.05, 3.63) is 71.3 Å². The van der Waals surface area contributed by atoms with Gasteiger partial charge in [0.25, 0.3) is 0 Å². The van der Waals surface area contributed by atoms with E-state index in [4.69, 9.17) is 4.74 Å². The van der Waals surface area contributed by atoms with Crippen LogP contribution in [0.3, 0.4) is 0 Å². The molecule has 0 aromatic heterocycles. The van der Waals surface area contributed by atoms with Gasteiger partial charge in [-0.1, -0.05) is 36.4 Å². The van der Waals surface area contributed by atoms with Crippen LogP contribution in [0, 0.1) is 0 Å². The lowest BCUT2D eigenvalue weighted by atomic mass is 10.0. The third-order valence-electron chi connectivity index (χ3n) is 4.79. The summed E-state index contributed by atoms with van der Waals surface area (Å²) in [6.45, 7) is 0.767. The molecule has 0 aliphatic heterocycles. The number of hydrogen-bond donors (Lipinski definition) is 1. The molecule has 3 aromatic rings. The van der Waals surface area contributed by atoms with Crippen LogP contribution in [0.15, 0.2) is 54.6 Å². The van der Waals surface area contributed by atoms with Gasteiger partial charge in [0.05, 0.1) is 7.11 Å². The number of hydrogen-bond acceptors (Lipinski definition) is 2. The van der Waals surface area contributed by atoms with E-state index in [9.17, 15) is 0 Å². The monoisotopic (exact) mass is 303 g/mol. The lowest BCUT2D eigenvalue weighted by Crippen LogP contribution is -2.03. The molecule has 2 heteroatoms. The number of rotatable bonds is 4. The minimum atomic E-state index is 0.767. The van der Waals surface area contributed by atoms with Crippen molar-refractivity contribution in [1.29, 1.82) is 0 Å². The Labute approximate surface area is 137 Å². The van der Waals surface area contributed by atoms with Gasteiger partial charge in [-0.15, -0.1) is 0 Å². The molecule has 0 saturated heterocycles. The van der Waals surface area contributed by atoms with Gasteiger partial charge >= 0.3 is 0 Å². The summed E-state index contributed by atoms with van der Waals surface area (Å²) in [5.74, 6) is 0.942. The number of nitrogens with one attached hydrogen (secondary N) is 1. The number of benzene rings is 3. The second kappa shape index (κ2) is 5.96. The zero-order valence-corrected chi connectivity index (χ0v) is 13.4. The van der Waals surface area contributed by atoms with Crippen LogP contribution >= 0.6 is 0 Å². The quantitative estimate of drug-likeness (QED) is 0.736. The molecule has 1 aliphatic rings. The number of methoxy groups -OCH3 is 1. The van der Waals surface area contributed by atoms with E-state index in [1.54, 1.807) is 7.11 Å². The minimum absolute atomic E-state index is 0.767. The fourth-order valence-electron chi connectivity index (χ4n) is 3.56. The van der Waals surface area contributed by atoms with E-state index in [2.05, 4.69) is 59.9 Å². The second-order valence-electron chi connectivity index (χ2n) is 6.16. The van der Waals surface area contributed by atoms with E-state index in [-0.39, 0.29) is 0 Å². The van der Waals surface area contributed by atoms with Gasteiger partial charge in [-0.3, -0.25) is 0 Å². The first-order valence-corrected chi connectivity index (χ1v) is 8.25. The summed E-state index contributed by atoms with van der Waals surface area (Å²) >= 11 is 0. The van der Waals surface area contributed by atoms with Gasteiger partial charge in [-0.05, 0) is 59.4 Å². The molecule has 0 spiro atoms. The highest BCUT2D eigenvalue weighted by Gasteiger charge is 2.12. The van der Waals surface area contributed by atoms with E-state index in [0.29, 0.717) is 0 Å². The van der Waals surface area contributed by atoms with E-state index in [1.165, 1.54) is 52.4 Å². The maximum atomic E-state index is 5.58. The normalized spacial score (nSPS) is 13.1. The molecule has 1 aliphatic carbocycles. The van der Waals surface area contributed by atoms with Crippen LogP contribution in [-0.4, -0.2) is 7.11 Å². The van der Waals surface area contributed by atoms with Gasteiger partial charge in [0.2, 0.25) is 0 Å². The Morgan fingerprint density at radius 2 is 1.83 bits per heavy atom. The standard InChI is InChI=1S/C21H21NO/c1-23-21-12-10-16-5-2-3-8-19(16)20(21)14-22-18-11-9-15-6-4-7-17(15)13-18/h2-3,5,8-13,22H,4,6-7,14H2,1H3. The fraction of sp³-hybridized carbons (Fsp3) is 0.238. The van der Waals surface area contributed by atoms with Gasteiger partial charge in [0.1, 0.15) is 5.75 Å². The van der Waals surface area contributed by atoms with Crippen molar-refractivity contribution < 1.29 is 4.74 Å². The lowest BCUT2D eigenvalue weighted by Gasteiger charge is -2.14. The molecule has 0 amide bonds. The smallest absolute Gasteiger partial charge is 0.124 e. The average molecular weight is 303 g/mol. The third-order valence-corrected chi connectivity index (χ3v) is 4.79. The molecule has 4 rings (SSSR count). The number of aryl methyl sites for hydroxylation is 2. The maximum absolute atomic E-state index is 5.58. The molecule has 0 heterocycles. The van der Waals surface area contributed by atoms with Gasteiger partial charge < -0.3 is 10.1 Å². The predicted octanol–water partition coefficient (Wildman–Crippen LogP) is 4.95. The van der Waals surface area contributed by atoms with E-state index in [1.807, 2.05) is 0 Å². The molecular weight excluding hydrogens is 282 g/mol. The van der Waals surface area contributed by atoms with Crippen molar-refractivity contribution in [2.24, 2.45) is 0 Å². The van der Waals surface area contributed by atoms with E-state index in [0.717, 1.165) is 12.3 Å². The number of ether oxygens (including phenoxy) is 1. The topological polar surface area (TPSA) is 21.3 Å². The average Bonchev–Trinajstić information content (AvgIpc) is 3.07. The van der Waals surface area contributed by atoms with Crippen molar-refractivity contribution in [2.45, 2.75) is 25.8 Å². The van der Waals surface area contributed by atoms with Crippen molar-refractivity contribution >= 4 is 16.5 Å². The molecule has 0 fully saturated rings. The van der Waals surface area contributed by atoms with Gasteiger partial charge in [-0.2, -0.15) is 0 Å². The highest BCUT2D eigenvalue weighted by molar-refractivity contribution is 5.88. The molecule has 0 saturated carbocycles. The first-order chi connectivity index (χ1) is 11.3. The molecule has 2 nitrogen and oxygen atoms in total. The summed E-state index contributed by atoms with van der Waals surface area (Å²) in [7, 11) is 1.74. The molecule has 0 bridgehead atoms. The molecule has 0 unspecified atom stereocenters. The van der Waals surface area contributed by atoms with Gasteiger partial charge in [0.15, 0.2) is 0 Å². The number of anilines is 1. The Kier molecular flexibility index (Phi) is 3.66. The van der Waals surface area contributed by atoms with Crippen LogP contribution in [0.1, 0.15) is 23.1 Å². The molecule has 116 valence electrons. The molecular formula is C21H21NO. The molecule has 23 heavy (non-hydrogen) atoms. The van der Waals surface area contributed by atoms with E-state index < -0.39 is 0 Å². The number of fused-ring (bicyclic) bond motifs is 2. The first-order valence-electron chi connectivity index (χ1n) is 8.25. The zero-order valence-electron chi connectivity index (χ0n) is 13.4. The highest BCUT2D eigenvalue weighted by Crippen LogP contribution is 2.30. The van der Waals surface area contributed by atoms with Crippen molar-refractivity contribution in [2.75, 3.05) is 12.4 Å². The fourth-order valence-corrected chi connectivity index (χ4v) is 3.56. The Morgan fingerprint density at radius 1 is 0.957 bits per heavy atom. The molecule has 3 aromatic carbocycles. The largest absolute Gasteiger partial charge is 0.496 e.